The molecular weight excluding hydrogens is 283 g/mol. The number of esters is 1. The highest BCUT2D eigenvalue weighted by atomic mass is 31.2. The second kappa shape index (κ2) is 8.69. The van der Waals surface area contributed by atoms with Crippen molar-refractivity contribution in [1.29, 1.82) is 0 Å². The van der Waals surface area contributed by atoms with Gasteiger partial charge in [0.1, 0.15) is 18.3 Å². The number of carbonyl (C=O) groups is 1. The fraction of sp³-hybridized carbons (Fsp3) is 0.875. The smallest absolute Gasteiger partial charge is 0.304 e. The summed E-state index contributed by atoms with van der Waals surface area (Å²) >= 11 is 0. The molecule has 1 heterocycles. The minimum Gasteiger partial charge on any atom is -0.434 e. The number of hydrogen-bond donors (Lipinski definition) is 7. The largest absolute Gasteiger partial charge is 0.434 e. The quantitative estimate of drug-likeness (QED) is 0.199. The summed E-state index contributed by atoms with van der Waals surface area (Å²) in [5.74, 6) is -0.615. The lowest BCUT2D eigenvalue weighted by molar-refractivity contribution is -0.258. The third kappa shape index (κ3) is 6.52. The highest BCUT2D eigenvalue weighted by molar-refractivity contribution is 7.42. The maximum Gasteiger partial charge on any atom is 0.304 e. The molecule has 1 fully saturated rings. The van der Waals surface area contributed by atoms with E-state index in [-0.39, 0.29) is 0 Å². The van der Waals surface area contributed by atoms with Crippen molar-refractivity contribution in [2.75, 3.05) is 6.61 Å². The summed E-state index contributed by atoms with van der Waals surface area (Å²) in [5.41, 5.74) is 9.77. The van der Waals surface area contributed by atoms with Crippen molar-refractivity contribution in [2.24, 2.45) is 11.2 Å². The molecule has 1 unspecified atom stereocenters. The van der Waals surface area contributed by atoms with Crippen LogP contribution in [-0.2, 0) is 14.3 Å². The van der Waals surface area contributed by atoms with E-state index < -0.39 is 51.7 Å². The summed E-state index contributed by atoms with van der Waals surface area (Å²) in [6.45, 7) is 0.671. The average molecular weight is 302 g/mol. The van der Waals surface area contributed by atoms with Crippen molar-refractivity contribution in [3.63, 3.8) is 0 Å². The zero-order valence-corrected chi connectivity index (χ0v) is 11.1. The van der Waals surface area contributed by atoms with E-state index in [2.05, 4.69) is 10.2 Å². The van der Waals surface area contributed by atoms with Gasteiger partial charge >= 0.3 is 5.97 Å². The maximum atomic E-state index is 10.7. The van der Waals surface area contributed by atoms with Crippen LogP contribution in [0, 0.1) is 0 Å². The molecule has 0 bridgehead atoms. The van der Waals surface area contributed by atoms with Crippen LogP contribution >= 0.6 is 8.53 Å². The molecule has 9 N–H and O–H groups in total. The lowest BCUT2D eigenvalue weighted by Gasteiger charge is -2.39. The molecule has 0 radical (unpaired) electrons. The van der Waals surface area contributed by atoms with E-state index in [1.807, 2.05) is 0 Å². The summed E-state index contributed by atoms with van der Waals surface area (Å²) < 4.78 is 9.70. The first-order chi connectivity index (χ1) is 8.70. The highest BCUT2D eigenvalue weighted by Gasteiger charge is 2.43. The number of nitrogens with two attached hydrogens (primary N) is 2. The van der Waals surface area contributed by atoms with E-state index in [1.54, 1.807) is 0 Å². The monoisotopic (exact) mass is 302 g/mol. The zero-order chi connectivity index (χ0) is 15.2. The fourth-order valence-electron chi connectivity index (χ4n) is 1.37. The van der Waals surface area contributed by atoms with E-state index >= 15 is 0 Å². The van der Waals surface area contributed by atoms with Gasteiger partial charge in [-0.2, -0.15) is 0 Å². The molecule has 11 heteroatoms. The molecule has 1 saturated heterocycles. The third-order valence-corrected chi connectivity index (χ3v) is 2.21. The molecule has 1 aliphatic rings. The molecule has 1 rings (SSSR count). The predicted octanol–water partition coefficient (Wildman–Crippen LogP) is -3.53. The number of aliphatic hydroxyl groups excluding tert-OH is 3. The zero-order valence-electron chi connectivity index (χ0n) is 10.2. The van der Waals surface area contributed by atoms with Gasteiger partial charge in [-0.3, -0.25) is 10.3 Å². The second-order valence-corrected chi connectivity index (χ2v) is 4.35. The maximum absolute atomic E-state index is 10.7. The summed E-state index contributed by atoms with van der Waals surface area (Å²) in [4.78, 5) is 25.6. The Bertz CT molecular complexity index is 277. The van der Waals surface area contributed by atoms with E-state index in [0.717, 1.165) is 0 Å². The van der Waals surface area contributed by atoms with Crippen molar-refractivity contribution in [3.05, 3.63) is 0 Å². The number of carbonyl (C=O) groups excluding carboxylic acids is 1. The van der Waals surface area contributed by atoms with Crippen LogP contribution in [-0.4, -0.2) is 68.3 Å². The Balaban J connectivity index is 0.000000711. The average Bonchev–Trinajstić information content (AvgIpc) is 2.28. The van der Waals surface area contributed by atoms with Gasteiger partial charge in [0.25, 0.3) is 0 Å². The van der Waals surface area contributed by atoms with Gasteiger partial charge in [-0.25, -0.2) is 0 Å². The highest BCUT2D eigenvalue weighted by Crippen LogP contribution is 2.20. The van der Waals surface area contributed by atoms with Gasteiger partial charge in [-0.05, 0) is 0 Å². The van der Waals surface area contributed by atoms with Gasteiger partial charge < -0.3 is 40.3 Å². The van der Waals surface area contributed by atoms with E-state index in [1.165, 1.54) is 6.92 Å². The molecule has 5 atom stereocenters. The summed E-state index contributed by atoms with van der Waals surface area (Å²) in [6, 6.07) is -1.04. The van der Waals surface area contributed by atoms with Crippen molar-refractivity contribution < 1.29 is 39.4 Å². The topological polar surface area (TPSA) is 189 Å². The first-order valence-electron chi connectivity index (χ1n) is 5.18. The standard InChI is InChI=1S/C8H15NO6.H4NO2P/c1-3(11)14-8-5(9)7(13)6(12)4(2-10)15-8;1-4(2)3/h4-8,10,12-13H,2,9H2,1H3;2-3H,1H2/t4-,5-,6+,7-,8?;/m1./s1. The summed E-state index contributed by atoms with van der Waals surface area (Å²) in [7, 11) is -2.12. The van der Waals surface area contributed by atoms with E-state index in [0.29, 0.717) is 0 Å². The molecule has 0 saturated carbocycles. The van der Waals surface area contributed by atoms with Gasteiger partial charge in [0.05, 0.1) is 12.6 Å². The Hall–Kier alpha value is -0.420. The summed E-state index contributed by atoms with van der Waals surface area (Å²) in [5, 5.41) is 27.7. The van der Waals surface area contributed by atoms with Crippen LogP contribution in [0.1, 0.15) is 6.92 Å². The Morgan fingerprint density at radius 2 is 1.84 bits per heavy atom. The predicted molar refractivity (Wildman–Crippen MR) is 63.0 cm³/mol. The molecule has 10 nitrogen and oxygen atoms in total. The van der Waals surface area contributed by atoms with Crippen molar-refractivity contribution >= 4 is 14.5 Å². The van der Waals surface area contributed by atoms with E-state index in [4.69, 9.17) is 25.4 Å². The molecule has 19 heavy (non-hydrogen) atoms. The van der Waals surface area contributed by atoms with Gasteiger partial charge in [0.15, 0.2) is 0 Å². The fourth-order valence-corrected chi connectivity index (χ4v) is 1.37. The Morgan fingerprint density at radius 3 is 2.21 bits per heavy atom. The molecule has 0 aromatic heterocycles. The molecule has 0 spiro atoms. The first kappa shape index (κ1) is 18.6. The van der Waals surface area contributed by atoms with E-state index in [9.17, 15) is 15.0 Å². The number of rotatable bonds is 2. The molecule has 0 aromatic carbocycles. The second-order valence-electron chi connectivity index (χ2n) is 3.71. The third-order valence-electron chi connectivity index (χ3n) is 2.21. The SMILES string of the molecule is CC(=O)OC1O[C@H](CO)[C@H](O)[C@H](O)[C@H]1N.NP(O)O. The lowest BCUT2D eigenvalue weighted by Crippen LogP contribution is -2.62. The molecular formula is C8H19N2O8P. The molecule has 114 valence electrons. The van der Waals surface area contributed by atoms with Crippen LogP contribution < -0.4 is 11.2 Å². The van der Waals surface area contributed by atoms with Gasteiger partial charge in [-0.15, -0.1) is 0 Å². The van der Waals surface area contributed by atoms with Crippen LogP contribution in [0.25, 0.3) is 0 Å². The van der Waals surface area contributed by atoms with Crippen molar-refractivity contribution in [2.45, 2.75) is 37.6 Å². The molecule has 0 amide bonds. The molecule has 1 aliphatic heterocycles. The van der Waals surface area contributed by atoms with Crippen molar-refractivity contribution in [3.8, 4) is 0 Å². The van der Waals surface area contributed by atoms with Crippen LogP contribution in [0.4, 0.5) is 0 Å². The lowest BCUT2D eigenvalue weighted by atomic mass is 9.98. The number of hydrogen-bond acceptors (Lipinski definition) is 10. The minimum absolute atomic E-state index is 0.497. The number of ether oxygens (including phenoxy) is 2. The Labute approximate surface area is 110 Å². The van der Waals surface area contributed by atoms with Gasteiger partial charge in [0, 0.05) is 6.92 Å². The van der Waals surface area contributed by atoms with Gasteiger partial charge in [-0.1, -0.05) is 0 Å². The molecule has 0 aliphatic carbocycles. The van der Waals surface area contributed by atoms with Crippen LogP contribution in [0.15, 0.2) is 0 Å². The van der Waals surface area contributed by atoms with Crippen molar-refractivity contribution in [1.82, 2.24) is 0 Å². The molecule has 0 aromatic rings. The summed E-state index contributed by atoms with van der Waals surface area (Å²) in [6.07, 6.45) is -4.76. The van der Waals surface area contributed by atoms with Crippen LogP contribution in [0.3, 0.4) is 0 Å². The van der Waals surface area contributed by atoms with Crippen LogP contribution in [0.2, 0.25) is 0 Å². The van der Waals surface area contributed by atoms with Crippen LogP contribution in [0.5, 0.6) is 0 Å². The van der Waals surface area contributed by atoms with Gasteiger partial charge in [0.2, 0.25) is 14.8 Å². The Morgan fingerprint density at radius 1 is 1.37 bits per heavy atom. The minimum atomic E-state index is -2.12. The normalized spacial score (nSPS) is 34.5. The number of aliphatic hydroxyl groups is 3. The first-order valence-corrected chi connectivity index (χ1v) is 6.50. The Kier molecular flexibility index (Phi) is 8.50.